The minimum Gasteiger partial charge on any atom is -0.192 e. The predicted molar refractivity (Wildman–Crippen MR) is 199 cm³/mol. The van der Waals surface area contributed by atoms with Crippen molar-refractivity contribution in [2.75, 3.05) is 0 Å². The van der Waals surface area contributed by atoms with Gasteiger partial charge < -0.3 is 0 Å². The largest absolute Gasteiger partial charge is 0.192 e. The summed E-state index contributed by atoms with van der Waals surface area (Å²) >= 11 is 3.70. The van der Waals surface area contributed by atoms with Crippen LogP contribution in [0.4, 0.5) is 0 Å². The van der Waals surface area contributed by atoms with Crippen LogP contribution in [0.2, 0.25) is 0 Å². The summed E-state index contributed by atoms with van der Waals surface area (Å²) in [7, 11) is 0. The van der Waals surface area contributed by atoms with Gasteiger partial charge in [0.2, 0.25) is 0 Å². The second-order valence-corrected chi connectivity index (χ2v) is 13.7. The molecule has 0 radical (unpaired) electrons. The van der Waals surface area contributed by atoms with Crippen LogP contribution >= 0.6 is 22.7 Å². The normalized spacial score (nSPS) is 11.5. The Kier molecular flexibility index (Phi) is 6.31. The first-order chi connectivity index (χ1) is 22.7. The summed E-state index contributed by atoms with van der Waals surface area (Å²) in [5, 5.41) is 15.3. The Hall–Kier alpha value is -5.53. The second-order valence-electron chi connectivity index (χ2n) is 11.6. The van der Waals surface area contributed by atoms with E-state index in [0.29, 0.717) is 5.56 Å². The van der Waals surface area contributed by atoms with Crippen molar-refractivity contribution in [2.24, 2.45) is 0 Å². The maximum atomic E-state index is 10.1. The lowest BCUT2D eigenvalue weighted by molar-refractivity contribution is 1.48. The van der Waals surface area contributed by atoms with Crippen LogP contribution in [0.15, 0.2) is 152 Å². The van der Waals surface area contributed by atoms with E-state index in [1.54, 1.807) is 0 Å². The van der Waals surface area contributed by atoms with Gasteiger partial charge in [0.05, 0.1) is 11.6 Å². The average molecular weight is 620 g/mol. The van der Waals surface area contributed by atoms with Crippen molar-refractivity contribution in [3.8, 4) is 50.6 Å². The van der Waals surface area contributed by atoms with E-state index in [1.807, 2.05) is 34.8 Å². The second kappa shape index (κ2) is 10.8. The van der Waals surface area contributed by atoms with Gasteiger partial charge >= 0.3 is 0 Å². The van der Waals surface area contributed by atoms with Crippen molar-refractivity contribution in [1.29, 1.82) is 5.26 Å². The highest BCUT2D eigenvalue weighted by atomic mass is 32.1. The van der Waals surface area contributed by atoms with Crippen LogP contribution in [0.25, 0.3) is 84.9 Å². The van der Waals surface area contributed by atoms with Gasteiger partial charge in [0, 0.05) is 40.3 Å². The Morgan fingerprint density at radius 2 is 0.783 bits per heavy atom. The molecule has 1 nitrogen and oxygen atoms in total. The average Bonchev–Trinajstić information content (AvgIpc) is 3.70. The molecule has 2 heterocycles. The molecule has 9 aromatic rings. The third-order valence-corrected chi connectivity index (χ3v) is 11.3. The highest BCUT2D eigenvalue weighted by molar-refractivity contribution is 7.26. The number of thiophene rings is 2. The number of rotatable bonds is 4. The van der Waals surface area contributed by atoms with Gasteiger partial charge in [0.15, 0.2) is 0 Å². The zero-order valence-electron chi connectivity index (χ0n) is 24.7. The third kappa shape index (κ3) is 4.43. The van der Waals surface area contributed by atoms with Crippen molar-refractivity contribution in [1.82, 2.24) is 0 Å². The van der Waals surface area contributed by atoms with Gasteiger partial charge in [0.1, 0.15) is 0 Å². The molecule has 7 aromatic carbocycles. The first kappa shape index (κ1) is 26.8. The van der Waals surface area contributed by atoms with E-state index in [-0.39, 0.29) is 0 Å². The standard InChI is InChI=1S/C43H25NS2/c44-26-27-21-32(28-9-5-11-30(23-28)34-15-7-17-38-36-13-1-3-19-40(36)45-42(34)38)25-33(22-27)29-10-6-12-31(24-29)35-16-8-18-39-37-14-2-4-20-41(37)46-43(35)39/h1-25H. The van der Waals surface area contributed by atoms with E-state index in [2.05, 4.69) is 146 Å². The van der Waals surface area contributed by atoms with Crippen molar-refractivity contribution in [3.63, 3.8) is 0 Å². The fraction of sp³-hybridized carbons (Fsp3) is 0. The molecule has 0 aliphatic rings. The van der Waals surface area contributed by atoms with E-state index in [0.717, 1.165) is 22.3 Å². The van der Waals surface area contributed by atoms with Crippen molar-refractivity contribution in [3.05, 3.63) is 157 Å². The molecule has 0 aliphatic heterocycles. The monoisotopic (exact) mass is 619 g/mol. The molecule has 0 fully saturated rings. The van der Waals surface area contributed by atoms with Crippen molar-refractivity contribution < 1.29 is 0 Å². The molecular weight excluding hydrogens is 595 g/mol. The fourth-order valence-electron chi connectivity index (χ4n) is 6.71. The molecule has 9 rings (SSSR count). The van der Waals surface area contributed by atoms with Crippen LogP contribution < -0.4 is 0 Å². The Morgan fingerprint density at radius 3 is 1.28 bits per heavy atom. The smallest absolute Gasteiger partial charge is 0.0992 e. The topological polar surface area (TPSA) is 23.8 Å². The molecule has 0 N–H and O–H groups in total. The molecule has 3 heteroatoms. The highest BCUT2D eigenvalue weighted by Crippen LogP contribution is 2.42. The molecule has 0 unspecified atom stereocenters. The van der Waals surface area contributed by atoms with Crippen LogP contribution in [0.3, 0.4) is 0 Å². The molecule has 2 aromatic heterocycles. The molecule has 0 saturated carbocycles. The molecule has 0 amide bonds. The summed E-state index contributed by atoms with van der Waals surface area (Å²) in [5.41, 5.74) is 9.75. The van der Waals surface area contributed by atoms with Crippen LogP contribution in [0, 0.1) is 11.3 Å². The zero-order valence-corrected chi connectivity index (χ0v) is 26.3. The molecule has 0 saturated heterocycles. The van der Waals surface area contributed by atoms with E-state index in [4.69, 9.17) is 0 Å². The number of nitrogens with zero attached hydrogens (tertiary/aromatic N) is 1. The first-order valence-corrected chi connectivity index (χ1v) is 16.9. The number of fused-ring (bicyclic) bond motifs is 6. The van der Waals surface area contributed by atoms with Gasteiger partial charge in [-0.3, -0.25) is 0 Å². The summed E-state index contributed by atoms with van der Waals surface area (Å²) in [4.78, 5) is 0. The number of hydrogen-bond acceptors (Lipinski definition) is 3. The van der Waals surface area contributed by atoms with Gasteiger partial charge in [-0.1, -0.05) is 109 Å². The minimum absolute atomic E-state index is 0.654. The van der Waals surface area contributed by atoms with Crippen LogP contribution in [-0.4, -0.2) is 0 Å². The lowest BCUT2D eigenvalue weighted by atomic mass is 9.93. The summed E-state index contributed by atoms with van der Waals surface area (Å²) in [6, 6.07) is 56.6. The van der Waals surface area contributed by atoms with Crippen molar-refractivity contribution in [2.45, 2.75) is 0 Å². The van der Waals surface area contributed by atoms with E-state index >= 15 is 0 Å². The summed E-state index contributed by atoms with van der Waals surface area (Å²) in [6.45, 7) is 0. The Morgan fingerprint density at radius 1 is 0.370 bits per heavy atom. The van der Waals surface area contributed by atoms with Crippen LogP contribution in [0.1, 0.15) is 5.56 Å². The molecule has 0 aliphatic carbocycles. The van der Waals surface area contributed by atoms with Crippen LogP contribution in [-0.2, 0) is 0 Å². The lowest BCUT2D eigenvalue weighted by Crippen LogP contribution is -1.87. The van der Waals surface area contributed by atoms with Gasteiger partial charge in [-0.25, -0.2) is 0 Å². The summed E-state index contributed by atoms with van der Waals surface area (Å²) < 4.78 is 5.21. The van der Waals surface area contributed by atoms with E-state index < -0.39 is 0 Å². The summed E-state index contributed by atoms with van der Waals surface area (Å²) in [5.74, 6) is 0. The highest BCUT2D eigenvalue weighted by Gasteiger charge is 2.14. The SMILES string of the molecule is N#Cc1cc(-c2cccc(-c3cccc4c3sc3ccccc34)c2)cc(-c2cccc(-c3cccc4c3sc3ccccc34)c2)c1. The first-order valence-electron chi connectivity index (χ1n) is 15.3. The van der Waals surface area contributed by atoms with E-state index in [1.165, 1.54) is 62.6 Å². The van der Waals surface area contributed by atoms with Gasteiger partial charge in [0.25, 0.3) is 0 Å². The molecule has 0 atom stereocenters. The van der Waals surface area contributed by atoms with Crippen molar-refractivity contribution >= 4 is 63.0 Å². The molecule has 214 valence electrons. The quantitative estimate of drug-likeness (QED) is 0.192. The maximum Gasteiger partial charge on any atom is 0.0992 e. The molecule has 46 heavy (non-hydrogen) atoms. The lowest BCUT2D eigenvalue weighted by Gasteiger charge is -2.11. The minimum atomic E-state index is 0.654. The van der Waals surface area contributed by atoms with Gasteiger partial charge in [-0.15, -0.1) is 22.7 Å². The Labute approximate surface area is 274 Å². The fourth-order valence-corrected chi connectivity index (χ4v) is 9.18. The summed E-state index contributed by atoms with van der Waals surface area (Å²) in [6.07, 6.45) is 0. The predicted octanol–water partition coefficient (Wildman–Crippen LogP) is 13.0. The Balaban J connectivity index is 1.14. The maximum absolute atomic E-state index is 10.1. The number of hydrogen-bond donors (Lipinski definition) is 0. The van der Waals surface area contributed by atoms with Gasteiger partial charge in [-0.2, -0.15) is 5.26 Å². The molecule has 0 spiro atoms. The Bertz CT molecular complexity index is 2490. The number of nitriles is 1. The van der Waals surface area contributed by atoms with Gasteiger partial charge in [-0.05, 0) is 87.0 Å². The molecular formula is C43H25NS2. The number of benzene rings is 7. The molecule has 0 bridgehead atoms. The van der Waals surface area contributed by atoms with E-state index in [9.17, 15) is 5.26 Å². The zero-order chi connectivity index (χ0) is 30.6. The third-order valence-electron chi connectivity index (χ3n) is 8.88. The van der Waals surface area contributed by atoms with Crippen LogP contribution in [0.5, 0.6) is 0 Å².